The molecule has 0 bridgehead atoms. The van der Waals surface area contributed by atoms with Crippen molar-refractivity contribution < 1.29 is 5.11 Å². The Bertz CT molecular complexity index is 892. The van der Waals surface area contributed by atoms with E-state index in [1.807, 2.05) is 6.07 Å². The molecule has 2 aromatic carbocycles. The van der Waals surface area contributed by atoms with Crippen molar-refractivity contribution in [3.63, 3.8) is 0 Å². The van der Waals surface area contributed by atoms with Crippen LogP contribution in [0.1, 0.15) is 17.8 Å². The van der Waals surface area contributed by atoms with E-state index in [0.717, 1.165) is 56.9 Å². The zero-order valence-electron chi connectivity index (χ0n) is 16.7. The van der Waals surface area contributed by atoms with Crippen LogP contribution < -0.4 is 0 Å². The van der Waals surface area contributed by atoms with Crippen LogP contribution >= 0.6 is 0 Å². The lowest BCUT2D eigenvalue weighted by molar-refractivity contribution is 0.0546. The first kappa shape index (κ1) is 19.1. The number of benzene rings is 2. The molecule has 1 aliphatic heterocycles. The Morgan fingerprint density at radius 3 is 2.61 bits per heavy atom. The molecule has 1 aliphatic rings. The van der Waals surface area contributed by atoms with Crippen LogP contribution in [-0.4, -0.2) is 63.3 Å². The number of aryl methyl sites for hydroxylation is 1. The minimum Gasteiger partial charge on any atom is -0.396 e. The van der Waals surface area contributed by atoms with E-state index in [-0.39, 0.29) is 6.61 Å². The fraction of sp³-hybridized carbons (Fsp3) is 0.435. The number of aromatic nitrogens is 2. The largest absolute Gasteiger partial charge is 0.396 e. The van der Waals surface area contributed by atoms with E-state index in [1.54, 1.807) is 0 Å². The number of fused-ring (bicyclic) bond motifs is 1. The average molecular weight is 379 g/mol. The molecule has 1 aromatic heterocycles. The van der Waals surface area contributed by atoms with Crippen molar-refractivity contribution in [1.29, 1.82) is 0 Å². The number of nitrogens with zero attached hydrogens (tertiary/aromatic N) is 4. The number of para-hydroxylation sites is 2. The Hall–Kier alpha value is -2.21. The molecular formula is C23H30N4O. The quantitative estimate of drug-likeness (QED) is 0.687. The van der Waals surface area contributed by atoms with Crippen LogP contribution in [0.3, 0.4) is 0 Å². The fourth-order valence-electron chi connectivity index (χ4n) is 4.27. The van der Waals surface area contributed by atoms with Crippen LogP contribution in [0.4, 0.5) is 0 Å². The summed E-state index contributed by atoms with van der Waals surface area (Å²) in [6.07, 6.45) is 1.89. The third-order valence-corrected chi connectivity index (χ3v) is 5.93. The number of hydrogen-bond acceptors (Lipinski definition) is 4. The maximum atomic E-state index is 9.58. The van der Waals surface area contributed by atoms with E-state index in [4.69, 9.17) is 4.98 Å². The third-order valence-electron chi connectivity index (χ3n) is 5.93. The van der Waals surface area contributed by atoms with Gasteiger partial charge in [0.2, 0.25) is 0 Å². The number of aliphatic hydroxyl groups is 1. The van der Waals surface area contributed by atoms with E-state index >= 15 is 0 Å². The molecule has 1 N–H and O–H groups in total. The molecule has 3 aromatic rings. The van der Waals surface area contributed by atoms with Gasteiger partial charge in [-0.15, -0.1) is 0 Å². The van der Waals surface area contributed by atoms with Crippen molar-refractivity contribution in [2.24, 2.45) is 7.05 Å². The second-order valence-electron chi connectivity index (χ2n) is 7.75. The maximum absolute atomic E-state index is 9.58. The highest BCUT2D eigenvalue weighted by Gasteiger charge is 2.27. The monoisotopic (exact) mass is 378 g/mol. The summed E-state index contributed by atoms with van der Waals surface area (Å²) in [5, 5.41) is 9.58. The van der Waals surface area contributed by atoms with Crippen molar-refractivity contribution in [3.8, 4) is 0 Å². The Kier molecular flexibility index (Phi) is 6.05. The Balaban J connectivity index is 1.40. The maximum Gasteiger partial charge on any atom is 0.123 e. The van der Waals surface area contributed by atoms with Crippen molar-refractivity contribution in [1.82, 2.24) is 19.4 Å². The highest BCUT2D eigenvalue weighted by atomic mass is 16.3. The van der Waals surface area contributed by atoms with Crippen molar-refractivity contribution in [2.75, 3.05) is 32.8 Å². The van der Waals surface area contributed by atoms with Gasteiger partial charge in [0, 0.05) is 45.9 Å². The first-order valence-electron chi connectivity index (χ1n) is 10.3. The molecular weight excluding hydrogens is 348 g/mol. The standard InChI is InChI=1S/C23H30N4O/c1-25-22-10-6-5-9-21(22)24-23(25)18-26-14-15-27(20(17-26)12-16-28)13-11-19-7-3-2-4-8-19/h2-10,20,28H,11-18H2,1H3. The van der Waals surface area contributed by atoms with Gasteiger partial charge in [-0.05, 0) is 30.5 Å². The molecule has 28 heavy (non-hydrogen) atoms. The van der Waals surface area contributed by atoms with Gasteiger partial charge in [-0.3, -0.25) is 9.80 Å². The first-order chi connectivity index (χ1) is 13.7. The number of aliphatic hydroxyl groups excluding tert-OH is 1. The number of imidazole rings is 1. The number of hydrogen-bond donors (Lipinski definition) is 1. The van der Waals surface area contributed by atoms with E-state index in [1.165, 1.54) is 11.1 Å². The summed E-state index contributed by atoms with van der Waals surface area (Å²) in [5.41, 5.74) is 3.63. The Morgan fingerprint density at radius 1 is 1.04 bits per heavy atom. The molecule has 1 unspecified atom stereocenters. The van der Waals surface area contributed by atoms with Crippen LogP contribution in [0, 0.1) is 0 Å². The van der Waals surface area contributed by atoms with Crippen LogP contribution in [0.25, 0.3) is 11.0 Å². The zero-order valence-corrected chi connectivity index (χ0v) is 16.7. The molecule has 0 amide bonds. The number of piperazine rings is 1. The molecule has 0 saturated carbocycles. The highest BCUT2D eigenvalue weighted by Crippen LogP contribution is 2.19. The smallest absolute Gasteiger partial charge is 0.123 e. The second-order valence-corrected chi connectivity index (χ2v) is 7.75. The summed E-state index contributed by atoms with van der Waals surface area (Å²) in [6, 6.07) is 19.4. The van der Waals surface area contributed by atoms with Crippen molar-refractivity contribution >= 4 is 11.0 Å². The summed E-state index contributed by atoms with van der Waals surface area (Å²) < 4.78 is 2.21. The van der Waals surface area contributed by atoms with Gasteiger partial charge in [-0.1, -0.05) is 42.5 Å². The van der Waals surface area contributed by atoms with E-state index in [9.17, 15) is 5.11 Å². The molecule has 4 rings (SSSR count). The molecule has 148 valence electrons. The van der Waals surface area contributed by atoms with Crippen molar-refractivity contribution in [2.45, 2.75) is 25.4 Å². The van der Waals surface area contributed by atoms with Crippen LogP contribution in [-0.2, 0) is 20.0 Å². The van der Waals surface area contributed by atoms with Gasteiger partial charge in [-0.25, -0.2) is 4.98 Å². The van der Waals surface area contributed by atoms with Gasteiger partial charge in [-0.2, -0.15) is 0 Å². The molecule has 2 heterocycles. The average Bonchev–Trinajstić information content (AvgIpc) is 3.04. The van der Waals surface area contributed by atoms with Gasteiger partial charge in [0.1, 0.15) is 5.82 Å². The fourth-order valence-corrected chi connectivity index (χ4v) is 4.27. The van der Waals surface area contributed by atoms with Crippen molar-refractivity contribution in [3.05, 3.63) is 66.0 Å². The summed E-state index contributed by atoms with van der Waals surface area (Å²) in [6.45, 7) is 5.22. The van der Waals surface area contributed by atoms with E-state index in [2.05, 4.69) is 69.9 Å². The minimum absolute atomic E-state index is 0.243. The van der Waals surface area contributed by atoms with Crippen LogP contribution in [0.15, 0.2) is 54.6 Å². The predicted octanol–water partition coefficient (Wildman–Crippen LogP) is 2.68. The normalized spacial score (nSPS) is 18.7. The minimum atomic E-state index is 0.243. The first-order valence-corrected chi connectivity index (χ1v) is 10.3. The van der Waals surface area contributed by atoms with Gasteiger partial charge in [0.05, 0.1) is 17.6 Å². The molecule has 0 aliphatic carbocycles. The molecule has 5 nitrogen and oxygen atoms in total. The molecule has 0 spiro atoms. The number of rotatable bonds is 7. The Labute approximate surface area is 167 Å². The summed E-state index contributed by atoms with van der Waals surface area (Å²) in [7, 11) is 2.10. The second kappa shape index (κ2) is 8.86. The van der Waals surface area contributed by atoms with Gasteiger partial charge in [0.15, 0.2) is 0 Å². The molecule has 1 fully saturated rings. The molecule has 1 saturated heterocycles. The summed E-state index contributed by atoms with van der Waals surface area (Å²) >= 11 is 0. The predicted molar refractivity (Wildman–Crippen MR) is 113 cm³/mol. The lowest BCUT2D eigenvalue weighted by Gasteiger charge is -2.41. The SMILES string of the molecule is Cn1c(CN2CCN(CCc3ccccc3)C(CCO)C2)nc2ccccc21. The third kappa shape index (κ3) is 4.27. The van der Waals surface area contributed by atoms with Crippen LogP contribution in [0.5, 0.6) is 0 Å². The topological polar surface area (TPSA) is 44.5 Å². The van der Waals surface area contributed by atoms with Gasteiger partial charge >= 0.3 is 0 Å². The highest BCUT2D eigenvalue weighted by molar-refractivity contribution is 5.75. The zero-order chi connectivity index (χ0) is 19.3. The van der Waals surface area contributed by atoms with Gasteiger partial charge < -0.3 is 9.67 Å². The van der Waals surface area contributed by atoms with E-state index in [0.29, 0.717) is 6.04 Å². The van der Waals surface area contributed by atoms with Crippen LogP contribution in [0.2, 0.25) is 0 Å². The molecule has 0 radical (unpaired) electrons. The molecule has 5 heteroatoms. The summed E-state index contributed by atoms with van der Waals surface area (Å²) in [4.78, 5) is 9.87. The molecule has 1 atom stereocenters. The lowest BCUT2D eigenvalue weighted by Crippen LogP contribution is -2.53. The Morgan fingerprint density at radius 2 is 1.82 bits per heavy atom. The summed E-state index contributed by atoms with van der Waals surface area (Å²) in [5.74, 6) is 1.11. The van der Waals surface area contributed by atoms with E-state index < -0.39 is 0 Å². The lowest BCUT2D eigenvalue weighted by atomic mass is 10.1. The van der Waals surface area contributed by atoms with Gasteiger partial charge in [0.25, 0.3) is 0 Å².